The number of hydrogen-bond acceptors (Lipinski definition) is 8. The number of thiazole rings is 1. The van der Waals surface area contributed by atoms with Crippen molar-refractivity contribution < 1.29 is 22.7 Å². The topological polar surface area (TPSA) is 92.3 Å². The lowest BCUT2D eigenvalue weighted by molar-refractivity contribution is 0.0746. The van der Waals surface area contributed by atoms with Crippen molar-refractivity contribution in [3.63, 3.8) is 0 Å². The monoisotopic (exact) mass is 544 g/mol. The lowest BCUT2D eigenvalue weighted by Crippen LogP contribution is -2.48. The molecular weight excluding hydrogens is 512 g/mol. The van der Waals surface area contributed by atoms with Gasteiger partial charge in [-0.25, -0.2) is 13.4 Å². The Bertz CT molecular complexity index is 1380. The van der Waals surface area contributed by atoms with Gasteiger partial charge in [-0.1, -0.05) is 17.4 Å². The van der Waals surface area contributed by atoms with Gasteiger partial charge in [0, 0.05) is 51.9 Å². The van der Waals surface area contributed by atoms with Gasteiger partial charge in [-0.3, -0.25) is 4.79 Å². The standard InChI is InChI=1S/C26H32N4O5S2/c1-18-6-11-22(34-3)23-24(18)36-26(27-23)30-14-12-29(13-15-30)25(31)19-7-9-21(10-8-19)37(32,33)28(2)17-20-5-4-16-35-20/h6-11,20H,4-5,12-17H2,1-3H3. The summed E-state index contributed by atoms with van der Waals surface area (Å²) in [6.45, 7) is 5.55. The summed E-state index contributed by atoms with van der Waals surface area (Å²) in [6.07, 6.45) is 1.76. The summed E-state index contributed by atoms with van der Waals surface area (Å²) in [6, 6.07) is 10.2. The molecule has 198 valence electrons. The number of methoxy groups -OCH3 is 1. The van der Waals surface area contributed by atoms with Crippen molar-refractivity contribution in [3.8, 4) is 5.75 Å². The molecule has 3 heterocycles. The summed E-state index contributed by atoms with van der Waals surface area (Å²) in [4.78, 5) is 22.1. The molecule has 1 atom stereocenters. The molecule has 0 bridgehead atoms. The second kappa shape index (κ2) is 10.6. The molecule has 2 aliphatic heterocycles. The quantitative estimate of drug-likeness (QED) is 0.450. The first kappa shape index (κ1) is 25.9. The lowest BCUT2D eigenvalue weighted by atomic mass is 10.2. The number of carbonyl (C=O) groups is 1. The molecule has 0 radical (unpaired) electrons. The van der Waals surface area contributed by atoms with Crippen LogP contribution in [0.4, 0.5) is 5.13 Å². The van der Waals surface area contributed by atoms with Gasteiger partial charge in [-0.05, 0) is 55.7 Å². The molecule has 0 aliphatic carbocycles. The van der Waals surface area contributed by atoms with Crippen LogP contribution < -0.4 is 9.64 Å². The molecule has 1 aromatic heterocycles. The third-order valence-electron chi connectivity index (χ3n) is 7.04. The van der Waals surface area contributed by atoms with Gasteiger partial charge in [-0.15, -0.1) is 0 Å². The number of amides is 1. The van der Waals surface area contributed by atoms with Crippen molar-refractivity contribution in [1.82, 2.24) is 14.2 Å². The van der Waals surface area contributed by atoms with E-state index in [0.29, 0.717) is 44.9 Å². The van der Waals surface area contributed by atoms with E-state index in [1.807, 2.05) is 17.0 Å². The van der Waals surface area contributed by atoms with Crippen molar-refractivity contribution in [1.29, 1.82) is 0 Å². The predicted octanol–water partition coefficient (Wildman–Crippen LogP) is 3.38. The number of anilines is 1. The molecule has 2 aromatic carbocycles. The van der Waals surface area contributed by atoms with Crippen molar-refractivity contribution in [2.75, 3.05) is 58.4 Å². The van der Waals surface area contributed by atoms with Crippen LogP contribution in [0, 0.1) is 6.92 Å². The zero-order valence-electron chi connectivity index (χ0n) is 21.3. The Morgan fingerprint density at radius 1 is 1.16 bits per heavy atom. The third-order valence-corrected chi connectivity index (χ3v) is 10.1. The number of aryl methyl sites for hydroxylation is 1. The molecule has 1 amide bonds. The number of sulfonamides is 1. The van der Waals surface area contributed by atoms with E-state index in [2.05, 4.69) is 11.8 Å². The van der Waals surface area contributed by atoms with Gasteiger partial charge in [0.25, 0.3) is 5.91 Å². The number of nitrogens with zero attached hydrogens (tertiary/aromatic N) is 4. The molecule has 2 aliphatic rings. The summed E-state index contributed by atoms with van der Waals surface area (Å²) in [5.41, 5.74) is 2.52. The second-order valence-electron chi connectivity index (χ2n) is 9.48. The van der Waals surface area contributed by atoms with Crippen molar-refractivity contribution in [2.45, 2.75) is 30.8 Å². The van der Waals surface area contributed by atoms with Crippen molar-refractivity contribution in [3.05, 3.63) is 47.5 Å². The largest absolute Gasteiger partial charge is 0.494 e. The molecule has 1 unspecified atom stereocenters. The van der Waals surface area contributed by atoms with Gasteiger partial charge in [0.2, 0.25) is 10.0 Å². The Balaban J connectivity index is 1.22. The summed E-state index contributed by atoms with van der Waals surface area (Å²) in [5, 5.41) is 0.927. The number of likely N-dealkylation sites (N-methyl/N-ethyl adjacent to an activating group) is 1. The van der Waals surface area contributed by atoms with E-state index in [9.17, 15) is 13.2 Å². The molecule has 2 saturated heterocycles. The highest BCUT2D eigenvalue weighted by Gasteiger charge is 2.28. The minimum Gasteiger partial charge on any atom is -0.494 e. The predicted molar refractivity (Wildman–Crippen MR) is 144 cm³/mol. The van der Waals surface area contributed by atoms with Gasteiger partial charge in [0.1, 0.15) is 11.3 Å². The number of rotatable bonds is 7. The second-order valence-corrected chi connectivity index (χ2v) is 12.5. The normalized spacial score (nSPS) is 18.6. The zero-order chi connectivity index (χ0) is 26.2. The number of piperazine rings is 1. The smallest absolute Gasteiger partial charge is 0.253 e. The van der Waals surface area contributed by atoms with E-state index in [4.69, 9.17) is 14.5 Å². The molecule has 9 nitrogen and oxygen atoms in total. The molecular formula is C26H32N4O5S2. The fraction of sp³-hybridized carbons (Fsp3) is 0.462. The Morgan fingerprint density at radius 2 is 1.89 bits per heavy atom. The first-order valence-corrected chi connectivity index (χ1v) is 14.7. The first-order chi connectivity index (χ1) is 17.8. The maximum atomic E-state index is 13.1. The van der Waals surface area contributed by atoms with Crippen LogP contribution in [-0.2, 0) is 14.8 Å². The lowest BCUT2D eigenvalue weighted by Gasteiger charge is -2.34. The van der Waals surface area contributed by atoms with Crippen LogP contribution in [0.25, 0.3) is 10.2 Å². The van der Waals surface area contributed by atoms with Gasteiger partial charge < -0.3 is 19.3 Å². The van der Waals surface area contributed by atoms with Crippen molar-refractivity contribution in [2.24, 2.45) is 0 Å². The summed E-state index contributed by atoms with van der Waals surface area (Å²) in [5.74, 6) is 0.665. The maximum absolute atomic E-state index is 13.1. The van der Waals surface area contributed by atoms with E-state index in [0.717, 1.165) is 39.5 Å². The van der Waals surface area contributed by atoms with Crippen LogP contribution in [0.3, 0.4) is 0 Å². The Kier molecular flexibility index (Phi) is 7.39. The SMILES string of the molecule is COc1ccc(C)c2sc(N3CCN(C(=O)c4ccc(S(=O)(=O)N(C)CC5CCCO5)cc4)CC3)nc12. The number of ether oxygens (including phenoxy) is 2. The third kappa shape index (κ3) is 5.18. The van der Waals surface area contributed by atoms with Gasteiger partial charge in [0.05, 0.1) is 22.8 Å². The molecule has 5 rings (SSSR count). The molecule has 0 saturated carbocycles. The highest BCUT2D eigenvalue weighted by Crippen LogP contribution is 2.36. The van der Waals surface area contributed by atoms with E-state index in [1.165, 1.54) is 16.4 Å². The molecule has 3 aromatic rings. The number of benzene rings is 2. The Labute approximate surface area is 221 Å². The minimum atomic E-state index is -3.64. The summed E-state index contributed by atoms with van der Waals surface area (Å²) in [7, 11) is -0.424. The van der Waals surface area contributed by atoms with Crippen LogP contribution in [0.2, 0.25) is 0 Å². The summed E-state index contributed by atoms with van der Waals surface area (Å²) < 4.78 is 39.4. The average Bonchev–Trinajstić information content (AvgIpc) is 3.60. The molecule has 37 heavy (non-hydrogen) atoms. The first-order valence-electron chi connectivity index (χ1n) is 12.4. The van der Waals surface area contributed by atoms with Crippen LogP contribution in [0.15, 0.2) is 41.3 Å². The Morgan fingerprint density at radius 3 is 2.54 bits per heavy atom. The van der Waals surface area contributed by atoms with E-state index >= 15 is 0 Å². The van der Waals surface area contributed by atoms with Gasteiger partial charge >= 0.3 is 0 Å². The van der Waals surface area contributed by atoms with Crippen LogP contribution in [0.1, 0.15) is 28.8 Å². The summed E-state index contributed by atoms with van der Waals surface area (Å²) >= 11 is 1.64. The van der Waals surface area contributed by atoms with E-state index in [1.54, 1.807) is 37.6 Å². The zero-order valence-corrected chi connectivity index (χ0v) is 23.0. The number of fused-ring (bicyclic) bond motifs is 1. The van der Waals surface area contributed by atoms with E-state index in [-0.39, 0.29) is 16.9 Å². The molecule has 11 heteroatoms. The fourth-order valence-electron chi connectivity index (χ4n) is 4.80. The fourth-order valence-corrected chi connectivity index (χ4v) is 7.11. The van der Waals surface area contributed by atoms with Crippen LogP contribution in [0.5, 0.6) is 5.75 Å². The highest BCUT2D eigenvalue weighted by molar-refractivity contribution is 7.89. The number of hydrogen-bond donors (Lipinski definition) is 0. The van der Waals surface area contributed by atoms with E-state index < -0.39 is 10.0 Å². The van der Waals surface area contributed by atoms with Crippen molar-refractivity contribution >= 4 is 42.6 Å². The minimum absolute atomic E-state index is 0.0619. The molecule has 0 N–H and O–H groups in total. The van der Waals surface area contributed by atoms with Gasteiger partial charge in [0.15, 0.2) is 5.13 Å². The Hall–Kier alpha value is -2.73. The highest BCUT2D eigenvalue weighted by atomic mass is 32.2. The number of aromatic nitrogens is 1. The van der Waals surface area contributed by atoms with Gasteiger partial charge in [-0.2, -0.15) is 4.31 Å². The molecule has 2 fully saturated rings. The number of carbonyl (C=O) groups excluding carboxylic acids is 1. The van der Waals surface area contributed by atoms with Crippen LogP contribution >= 0.6 is 11.3 Å². The van der Waals surface area contributed by atoms with Crippen LogP contribution in [-0.4, -0.2) is 88.1 Å². The maximum Gasteiger partial charge on any atom is 0.253 e. The molecule has 0 spiro atoms. The average molecular weight is 545 g/mol.